The fourth-order valence-electron chi connectivity index (χ4n) is 4.77. The minimum absolute atomic E-state index is 0.0145. The molecular weight excluding hydrogens is 346 g/mol. The Kier molecular flexibility index (Phi) is 5.45. The normalized spacial score (nSPS) is 29.3. The maximum Gasteiger partial charge on any atom is 0.254 e. The summed E-state index contributed by atoms with van der Waals surface area (Å²) in [6.07, 6.45) is 8.85. The number of amides is 2. The first kappa shape index (κ1) is 18.4. The summed E-state index contributed by atoms with van der Waals surface area (Å²) in [5.74, 6) is 0.509. The van der Waals surface area contributed by atoms with E-state index in [0.29, 0.717) is 17.9 Å². The Morgan fingerprint density at radius 1 is 1.33 bits per heavy atom. The molecule has 0 radical (unpaired) electrons. The van der Waals surface area contributed by atoms with Crippen molar-refractivity contribution in [3.8, 4) is 0 Å². The predicted molar refractivity (Wildman–Crippen MR) is 99.2 cm³/mol. The van der Waals surface area contributed by atoms with Gasteiger partial charge in [0.05, 0.1) is 11.8 Å². The number of ether oxygens (including phenoxy) is 1. The zero-order valence-electron chi connectivity index (χ0n) is 15.7. The smallest absolute Gasteiger partial charge is 0.254 e. The highest BCUT2D eigenvalue weighted by molar-refractivity contribution is 5.94. The Bertz CT molecular complexity index is 658. The fraction of sp³-hybridized carbons (Fsp3) is 0.737. The number of H-pyrrole nitrogens is 1. The molecule has 0 saturated carbocycles. The van der Waals surface area contributed by atoms with E-state index in [4.69, 9.17) is 4.74 Å². The molecule has 0 aromatic carbocycles. The molecule has 0 unspecified atom stereocenters. The third kappa shape index (κ3) is 3.87. The number of rotatable bonds is 5. The topological polar surface area (TPSA) is 99.3 Å². The molecule has 1 aromatic rings. The molecule has 3 N–H and O–H groups in total. The Balaban J connectivity index is 1.39. The van der Waals surface area contributed by atoms with Gasteiger partial charge in [-0.1, -0.05) is 0 Å². The van der Waals surface area contributed by atoms with Crippen LogP contribution >= 0.6 is 0 Å². The SMILES string of the molecule is O=C(N[C@@H]1CN2CCCC[C@@]2(C(=O)NCC2CCOCC2)C1)c1cn[nH]c1. The minimum atomic E-state index is -0.474. The lowest BCUT2D eigenvalue weighted by atomic mass is 9.84. The van der Waals surface area contributed by atoms with E-state index in [1.165, 1.54) is 6.20 Å². The predicted octanol–water partition coefficient (Wildman–Crippen LogP) is 0.679. The molecular formula is C19H29N5O3. The summed E-state index contributed by atoms with van der Waals surface area (Å²) in [5, 5.41) is 12.8. The second-order valence-corrected chi connectivity index (χ2v) is 8.06. The van der Waals surface area contributed by atoms with Crippen molar-refractivity contribution in [3.63, 3.8) is 0 Å². The molecule has 3 fully saturated rings. The Morgan fingerprint density at radius 2 is 2.19 bits per heavy atom. The van der Waals surface area contributed by atoms with Gasteiger partial charge in [-0.05, 0) is 51.0 Å². The third-order valence-electron chi connectivity index (χ3n) is 6.31. The van der Waals surface area contributed by atoms with Crippen LogP contribution in [0, 0.1) is 5.92 Å². The van der Waals surface area contributed by atoms with Crippen molar-refractivity contribution in [1.29, 1.82) is 0 Å². The molecule has 27 heavy (non-hydrogen) atoms. The molecule has 0 aliphatic carbocycles. The van der Waals surface area contributed by atoms with Gasteiger partial charge in [0.25, 0.3) is 5.91 Å². The second kappa shape index (κ2) is 7.98. The number of carbonyl (C=O) groups excluding carboxylic acids is 2. The van der Waals surface area contributed by atoms with Crippen molar-refractivity contribution in [2.24, 2.45) is 5.92 Å². The van der Waals surface area contributed by atoms with Crippen LogP contribution in [0.25, 0.3) is 0 Å². The Morgan fingerprint density at radius 3 is 2.96 bits per heavy atom. The largest absolute Gasteiger partial charge is 0.381 e. The van der Waals surface area contributed by atoms with E-state index >= 15 is 0 Å². The minimum Gasteiger partial charge on any atom is -0.381 e. The lowest BCUT2D eigenvalue weighted by molar-refractivity contribution is -0.134. The number of aromatic amines is 1. The second-order valence-electron chi connectivity index (χ2n) is 8.06. The van der Waals surface area contributed by atoms with Crippen LogP contribution in [-0.4, -0.2) is 71.3 Å². The number of hydrogen-bond donors (Lipinski definition) is 3. The van der Waals surface area contributed by atoms with Crippen LogP contribution in [0.15, 0.2) is 12.4 Å². The first-order chi connectivity index (χ1) is 13.2. The van der Waals surface area contributed by atoms with Gasteiger partial charge in [0, 0.05) is 38.5 Å². The summed E-state index contributed by atoms with van der Waals surface area (Å²) >= 11 is 0. The molecule has 148 valence electrons. The first-order valence-electron chi connectivity index (χ1n) is 10.1. The number of fused-ring (bicyclic) bond motifs is 1. The van der Waals surface area contributed by atoms with Gasteiger partial charge in [-0.15, -0.1) is 0 Å². The molecule has 4 heterocycles. The van der Waals surface area contributed by atoms with Gasteiger partial charge < -0.3 is 15.4 Å². The number of nitrogens with zero attached hydrogens (tertiary/aromatic N) is 2. The molecule has 0 bridgehead atoms. The van der Waals surface area contributed by atoms with Crippen molar-refractivity contribution < 1.29 is 14.3 Å². The molecule has 3 saturated heterocycles. The fourth-order valence-corrected chi connectivity index (χ4v) is 4.77. The van der Waals surface area contributed by atoms with Gasteiger partial charge in [0.1, 0.15) is 5.54 Å². The molecule has 3 aliphatic heterocycles. The number of hydrogen-bond acceptors (Lipinski definition) is 5. The van der Waals surface area contributed by atoms with Gasteiger partial charge in [0.2, 0.25) is 5.91 Å². The average Bonchev–Trinajstić information content (AvgIpc) is 3.35. The zero-order chi connectivity index (χ0) is 18.7. The van der Waals surface area contributed by atoms with Crippen molar-refractivity contribution in [1.82, 2.24) is 25.7 Å². The van der Waals surface area contributed by atoms with Crippen LogP contribution in [0.2, 0.25) is 0 Å². The van der Waals surface area contributed by atoms with E-state index in [1.54, 1.807) is 6.20 Å². The molecule has 4 rings (SSSR count). The van der Waals surface area contributed by atoms with Gasteiger partial charge in [-0.25, -0.2) is 0 Å². The van der Waals surface area contributed by atoms with Gasteiger partial charge in [-0.2, -0.15) is 5.10 Å². The van der Waals surface area contributed by atoms with Crippen LogP contribution < -0.4 is 10.6 Å². The number of carbonyl (C=O) groups is 2. The van der Waals surface area contributed by atoms with Gasteiger partial charge in [-0.3, -0.25) is 19.6 Å². The van der Waals surface area contributed by atoms with Crippen LogP contribution in [0.3, 0.4) is 0 Å². The number of aromatic nitrogens is 2. The number of nitrogens with one attached hydrogen (secondary N) is 3. The van der Waals surface area contributed by atoms with Gasteiger partial charge in [0.15, 0.2) is 0 Å². The molecule has 2 amide bonds. The number of piperidine rings is 1. The Hall–Kier alpha value is -1.93. The van der Waals surface area contributed by atoms with E-state index in [9.17, 15) is 9.59 Å². The van der Waals surface area contributed by atoms with Crippen molar-refractivity contribution in [2.75, 3.05) is 32.8 Å². The summed E-state index contributed by atoms with van der Waals surface area (Å²) in [6, 6.07) is -0.0145. The van der Waals surface area contributed by atoms with Crippen LogP contribution in [0.4, 0.5) is 0 Å². The van der Waals surface area contributed by atoms with E-state index < -0.39 is 5.54 Å². The third-order valence-corrected chi connectivity index (χ3v) is 6.31. The highest BCUT2D eigenvalue weighted by Gasteiger charge is 2.52. The lowest BCUT2D eigenvalue weighted by Crippen LogP contribution is -2.58. The average molecular weight is 375 g/mol. The molecule has 1 aromatic heterocycles. The zero-order valence-corrected chi connectivity index (χ0v) is 15.7. The maximum absolute atomic E-state index is 13.2. The van der Waals surface area contributed by atoms with E-state index in [1.807, 2.05) is 0 Å². The summed E-state index contributed by atoms with van der Waals surface area (Å²) in [4.78, 5) is 27.9. The van der Waals surface area contributed by atoms with Crippen LogP contribution in [0.1, 0.15) is 48.9 Å². The lowest BCUT2D eigenvalue weighted by Gasteiger charge is -2.41. The van der Waals surface area contributed by atoms with E-state index in [0.717, 1.165) is 65.0 Å². The first-order valence-corrected chi connectivity index (χ1v) is 10.1. The molecule has 2 atom stereocenters. The van der Waals surface area contributed by atoms with Crippen molar-refractivity contribution in [3.05, 3.63) is 18.0 Å². The summed E-state index contributed by atoms with van der Waals surface area (Å²) in [7, 11) is 0. The van der Waals surface area contributed by atoms with E-state index in [-0.39, 0.29) is 17.9 Å². The summed E-state index contributed by atoms with van der Waals surface area (Å²) in [5.41, 5.74) is 0.0514. The Labute approximate surface area is 159 Å². The van der Waals surface area contributed by atoms with E-state index in [2.05, 4.69) is 25.7 Å². The highest BCUT2D eigenvalue weighted by Crippen LogP contribution is 2.38. The molecule has 8 nitrogen and oxygen atoms in total. The summed E-state index contributed by atoms with van der Waals surface area (Å²) in [6.45, 7) is 3.96. The van der Waals surface area contributed by atoms with Crippen molar-refractivity contribution >= 4 is 11.8 Å². The van der Waals surface area contributed by atoms with Gasteiger partial charge >= 0.3 is 0 Å². The quantitative estimate of drug-likeness (QED) is 0.703. The van der Waals surface area contributed by atoms with Crippen LogP contribution in [-0.2, 0) is 9.53 Å². The van der Waals surface area contributed by atoms with Crippen molar-refractivity contribution in [2.45, 2.75) is 50.1 Å². The summed E-state index contributed by atoms with van der Waals surface area (Å²) < 4.78 is 5.40. The molecule has 8 heteroatoms. The molecule has 3 aliphatic rings. The molecule has 0 spiro atoms. The maximum atomic E-state index is 13.2. The standard InChI is InChI=1S/C19H29N5O3/c25-17(15-11-21-22-12-15)23-16-9-19(5-1-2-6-24(19)13-16)18(26)20-10-14-3-7-27-8-4-14/h11-12,14,16H,1-10,13H2,(H,20,26)(H,21,22)(H,23,25)/t16-,19-/m0/s1. The van der Waals surface area contributed by atoms with Crippen LogP contribution in [0.5, 0.6) is 0 Å². The highest BCUT2D eigenvalue weighted by atomic mass is 16.5. The monoisotopic (exact) mass is 375 g/mol.